The van der Waals surface area contributed by atoms with Crippen molar-refractivity contribution in [2.45, 2.75) is 58.9 Å². The van der Waals surface area contributed by atoms with Crippen molar-refractivity contribution in [2.75, 3.05) is 0 Å². The molecule has 0 unspecified atom stereocenters. The third kappa shape index (κ3) is 4.89. The molecular weight excluding hydrogens is 364 g/mol. The van der Waals surface area contributed by atoms with Crippen molar-refractivity contribution < 1.29 is 18.4 Å². The van der Waals surface area contributed by atoms with Crippen LogP contribution >= 0.6 is 0 Å². The second-order valence-corrected chi connectivity index (χ2v) is 6.89. The van der Waals surface area contributed by atoms with Crippen molar-refractivity contribution in [3.05, 3.63) is 34.5 Å². The van der Waals surface area contributed by atoms with Gasteiger partial charge in [0.2, 0.25) is 0 Å². The summed E-state index contributed by atoms with van der Waals surface area (Å²) < 4.78 is 26.7. The van der Waals surface area contributed by atoms with Gasteiger partial charge in [-0.15, -0.1) is 0 Å². The van der Waals surface area contributed by atoms with Crippen LogP contribution in [0.5, 0.6) is 0 Å². The normalized spacial score (nSPS) is 13.9. The average molecular weight is 389 g/mol. The SMILES string of the molecule is CC#CC(=O)NC1CCCCC1.Cc1[nH]c2c(C(N)=O)c(F)c(F)cc2c1C. The molecule has 1 heterocycles. The Hall–Kier alpha value is -2.88. The van der Waals surface area contributed by atoms with E-state index in [-0.39, 0.29) is 11.4 Å². The molecule has 0 bridgehead atoms. The molecule has 4 N–H and O–H groups in total. The highest BCUT2D eigenvalue weighted by molar-refractivity contribution is 6.06. The van der Waals surface area contributed by atoms with Gasteiger partial charge >= 0.3 is 0 Å². The molecule has 0 aliphatic heterocycles. The van der Waals surface area contributed by atoms with Crippen LogP contribution in [0.1, 0.15) is 60.6 Å². The molecule has 2 amide bonds. The Morgan fingerprint density at radius 2 is 1.86 bits per heavy atom. The Labute approximate surface area is 163 Å². The Morgan fingerprint density at radius 1 is 1.21 bits per heavy atom. The second-order valence-electron chi connectivity index (χ2n) is 6.89. The maximum Gasteiger partial charge on any atom is 0.296 e. The zero-order valence-electron chi connectivity index (χ0n) is 16.3. The molecule has 150 valence electrons. The molecule has 0 radical (unpaired) electrons. The molecule has 1 aromatic heterocycles. The van der Waals surface area contributed by atoms with Crippen molar-refractivity contribution >= 4 is 22.7 Å². The van der Waals surface area contributed by atoms with Crippen molar-refractivity contribution in [1.82, 2.24) is 10.3 Å². The summed E-state index contributed by atoms with van der Waals surface area (Å²) in [5, 5.41) is 3.38. The minimum atomic E-state index is -1.21. The summed E-state index contributed by atoms with van der Waals surface area (Å²) in [4.78, 5) is 25.0. The van der Waals surface area contributed by atoms with E-state index < -0.39 is 23.1 Å². The third-order valence-corrected chi connectivity index (χ3v) is 4.92. The topological polar surface area (TPSA) is 88.0 Å². The number of amides is 2. The van der Waals surface area contributed by atoms with E-state index >= 15 is 0 Å². The number of aryl methyl sites for hydroxylation is 2. The summed E-state index contributed by atoms with van der Waals surface area (Å²) in [6, 6.07) is 1.45. The van der Waals surface area contributed by atoms with Crippen LogP contribution in [0.3, 0.4) is 0 Å². The van der Waals surface area contributed by atoms with Gasteiger partial charge in [-0.2, -0.15) is 0 Å². The number of H-pyrrole nitrogens is 1. The first kappa shape index (κ1) is 21.4. The fraction of sp³-hybridized carbons (Fsp3) is 0.429. The number of nitrogens with one attached hydrogen (secondary N) is 2. The molecule has 2 aromatic rings. The summed E-state index contributed by atoms with van der Waals surface area (Å²) in [6.07, 6.45) is 6.04. The maximum atomic E-state index is 13.4. The van der Waals surface area contributed by atoms with Crippen molar-refractivity contribution in [3.8, 4) is 11.8 Å². The number of rotatable bonds is 2. The van der Waals surface area contributed by atoms with Gasteiger partial charge in [-0.05, 0) is 51.2 Å². The largest absolute Gasteiger partial charge is 0.365 e. The molecule has 0 saturated heterocycles. The predicted octanol–water partition coefficient (Wildman–Crippen LogP) is 3.62. The highest BCUT2D eigenvalue weighted by Gasteiger charge is 2.20. The Bertz CT molecular complexity index is 948. The van der Waals surface area contributed by atoms with Crippen LogP contribution in [0.2, 0.25) is 0 Å². The van der Waals surface area contributed by atoms with E-state index in [4.69, 9.17) is 5.73 Å². The summed E-state index contributed by atoms with van der Waals surface area (Å²) in [7, 11) is 0. The first-order chi connectivity index (χ1) is 13.3. The molecule has 0 spiro atoms. The average Bonchev–Trinajstić information content (AvgIpc) is 2.91. The number of halogens is 2. The van der Waals surface area contributed by atoms with Crippen LogP contribution in [0.4, 0.5) is 8.78 Å². The molecule has 1 aliphatic carbocycles. The summed E-state index contributed by atoms with van der Waals surface area (Å²) in [6.45, 7) is 5.20. The van der Waals surface area contributed by atoms with Crippen LogP contribution in [0, 0.1) is 37.3 Å². The van der Waals surface area contributed by atoms with E-state index in [2.05, 4.69) is 22.1 Å². The molecule has 5 nitrogen and oxygen atoms in total. The lowest BCUT2D eigenvalue weighted by atomic mass is 9.95. The van der Waals surface area contributed by atoms with Gasteiger partial charge in [0.15, 0.2) is 11.6 Å². The van der Waals surface area contributed by atoms with Crippen molar-refractivity contribution in [2.24, 2.45) is 5.73 Å². The molecule has 1 saturated carbocycles. The van der Waals surface area contributed by atoms with E-state index in [1.807, 2.05) is 0 Å². The zero-order chi connectivity index (χ0) is 20.8. The van der Waals surface area contributed by atoms with Gasteiger partial charge in [-0.1, -0.05) is 25.2 Å². The monoisotopic (exact) mass is 389 g/mol. The summed E-state index contributed by atoms with van der Waals surface area (Å²) in [5.74, 6) is 1.71. The van der Waals surface area contributed by atoms with E-state index in [9.17, 15) is 18.4 Å². The van der Waals surface area contributed by atoms with Gasteiger partial charge < -0.3 is 16.0 Å². The number of hydrogen-bond donors (Lipinski definition) is 3. The molecule has 1 aromatic carbocycles. The van der Waals surface area contributed by atoms with Crippen LogP contribution in [-0.4, -0.2) is 22.8 Å². The lowest BCUT2D eigenvalue weighted by Crippen LogP contribution is -2.35. The van der Waals surface area contributed by atoms with Crippen LogP contribution in [0.15, 0.2) is 6.07 Å². The number of aromatic amines is 1. The molecule has 3 rings (SSSR count). The molecule has 28 heavy (non-hydrogen) atoms. The quantitative estimate of drug-likeness (QED) is 0.685. The fourth-order valence-electron chi connectivity index (χ4n) is 3.35. The molecule has 1 fully saturated rings. The van der Waals surface area contributed by atoms with E-state index in [0.29, 0.717) is 11.4 Å². The maximum absolute atomic E-state index is 13.4. The number of benzene rings is 1. The number of fused-ring (bicyclic) bond motifs is 1. The van der Waals surface area contributed by atoms with E-state index in [0.717, 1.165) is 30.2 Å². The number of aromatic nitrogens is 1. The smallest absolute Gasteiger partial charge is 0.296 e. The van der Waals surface area contributed by atoms with Crippen LogP contribution in [0.25, 0.3) is 10.9 Å². The Morgan fingerprint density at radius 3 is 2.43 bits per heavy atom. The lowest BCUT2D eigenvalue weighted by Gasteiger charge is -2.21. The molecular formula is C21H25F2N3O2. The fourth-order valence-corrected chi connectivity index (χ4v) is 3.35. The summed E-state index contributed by atoms with van der Waals surface area (Å²) in [5.41, 5.74) is 6.40. The third-order valence-electron chi connectivity index (χ3n) is 4.92. The summed E-state index contributed by atoms with van der Waals surface area (Å²) >= 11 is 0. The Balaban J connectivity index is 0.000000209. The first-order valence-corrected chi connectivity index (χ1v) is 9.26. The number of primary amides is 1. The highest BCUT2D eigenvalue weighted by atomic mass is 19.2. The minimum absolute atomic E-state index is 0.121. The van der Waals surface area contributed by atoms with Crippen LogP contribution in [-0.2, 0) is 4.79 Å². The number of carbonyl (C=O) groups is 2. The van der Waals surface area contributed by atoms with Gasteiger partial charge in [0.25, 0.3) is 11.8 Å². The molecule has 1 aliphatic rings. The minimum Gasteiger partial charge on any atom is -0.365 e. The molecule has 7 heteroatoms. The number of hydrogen-bond acceptors (Lipinski definition) is 2. The lowest BCUT2D eigenvalue weighted by molar-refractivity contribution is -0.116. The van der Waals surface area contributed by atoms with Crippen LogP contribution < -0.4 is 11.1 Å². The Kier molecular flexibility index (Phi) is 7.16. The predicted molar refractivity (Wildman–Crippen MR) is 105 cm³/mol. The van der Waals surface area contributed by atoms with E-state index in [1.54, 1.807) is 20.8 Å². The van der Waals surface area contributed by atoms with Gasteiger partial charge in [-0.3, -0.25) is 9.59 Å². The standard InChI is InChI=1S/C11H10F2N2O.C10H15NO/c1-4-5(2)15-10-6(4)3-7(12)9(13)8(10)11(14)16;1-2-6-10(12)11-9-7-4-3-5-8-9/h3,15H,1-2H3,(H2,14,16);9H,3-5,7-8H2,1H3,(H,11,12). The van der Waals surface area contributed by atoms with Gasteiger partial charge in [0, 0.05) is 17.1 Å². The zero-order valence-corrected chi connectivity index (χ0v) is 16.3. The van der Waals surface area contributed by atoms with E-state index in [1.165, 1.54) is 19.3 Å². The number of nitrogens with two attached hydrogens (primary N) is 1. The van der Waals surface area contributed by atoms with Gasteiger partial charge in [0.05, 0.1) is 5.52 Å². The number of carbonyl (C=O) groups excluding carboxylic acids is 2. The van der Waals surface area contributed by atoms with Crippen molar-refractivity contribution in [3.63, 3.8) is 0 Å². The van der Waals surface area contributed by atoms with Gasteiger partial charge in [-0.25, -0.2) is 8.78 Å². The first-order valence-electron chi connectivity index (χ1n) is 9.26. The van der Waals surface area contributed by atoms with Crippen molar-refractivity contribution in [1.29, 1.82) is 0 Å². The highest BCUT2D eigenvalue weighted by Crippen LogP contribution is 2.27. The van der Waals surface area contributed by atoms with Gasteiger partial charge in [0.1, 0.15) is 5.56 Å². The molecule has 0 atom stereocenters. The second kappa shape index (κ2) is 9.36.